The minimum atomic E-state index is -1.04. The minimum absolute atomic E-state index is 0.105. The summed E-state index contributed by atoms with van der Waals surface area (Å²) >= 11 is 0. The highest BCUT2D eigenvalue weighted by Gasteiger charge is 2.30. The summed E-state index contributed by atoms with van der Waals surface area (Å²) in [5.74, 6) is -1.22. The zero-order chi connectivity index (χ0) is 11.0. The van der Waals surface area contributed by atoms with Crippen LogP contribution in [0.25, 0.3) is 0 Å². The number of nitrogens with zero attached hydrogens (tertiary/aromatic N) is 1. The largest absolute Gasteiger partial charge is 0.478 e. The first-order valence-corrected chi connectivity index (χ1v) is 4.79. The lowest BCUT2D eigenvalue weighted by molar-refractivity contribution is 0.0683. The van der Waals surface area contributed by atoms with Gasteiger partial charge in [0.25, 0.3) is 5.91 Å². The van der Waals surface area contributed by atoms with Crippen LogP contribution in [0.15, 0.2) is 18.2 Å². The number of carbonyl (C=O) groups is 2. The molecule has 0 saturated heterocycles. The number of benzene rings is 1. The third kappa shape index (κ3) is 1.38. The highest BCUT2D eigenvalue weighted by Crippen LogP contribution is 2.25. The van der Waals surface area contributed by atoms with Crippen LogP contribution in [0.4, 0.5) is 0 Å². The number of hydrogen-bond donors (Lipinski definition) is 1. The predicted octanol–water partition coefficient (Wildman–Crippen LogP) is 1.36. The van der Waals surface area contributed by atoms with Crippen molar-refractivity contribution in [3.05, 3.63) is 34.9 Å². The van der Waals surface area contributed by atoms with Crippen LogP contribution in [0.1, 0.15) is 33.2 Å². The van der Waals surface area contributed by atoms with Crippen LogP contribution in [0.3, 0.4) is 0 Å². The normalized spacial score (nSPS) is 14.2. The van der Waals surface area contributed by atoms with Gasteiger partial charge in [-0.1, -0.05) is 12.1 Å². The van der Waals surface area contributed by atoms with Crippen LogP contribution in [-0.4, -0.2) is 28.4 Å². The molecule has 1 aliphatic rings. The second kappa shape index (κ2) is 3.38. The highest BCUT2D eigenvalue weighted by atomic mass is 16.4. The van der Waals surface area contributed by atoms with Crippen molar-refractivity contribution in [2.45, 2.75) is 13.5 Å². The summed E-state index contributed by atoms with van der Waals surface area (Å²) in [5, 5.41) is 8.95. The third-order valence-electron chi connectivity index (χ3n) is 2.63. The van der Waals surface area contributed by atoms with Crippen molar-refractivity contribution in [1.82, 2.24) is 4.90 Å². The zero-order valence-electron chi connectivity index (χ0n) is 8.36. The van der Waals surface area contributed by atoms with E-state index in [2.05, 4.69) is 0 Å². The molecule has 0 spiro atoms. The van der Waals surface area contributed by atoms with Gasteiger partial charge in [0.2, 0.25) is 0 Å². The molecule has 0 atom stereocenters. The van der Waals surface area contributed by atoms with E-state index in [1.54, 1.807) is 17.0 Å². The Bertz CT molecular complexity index is 439. The molecule has 0 radical (unpaired) electrons. The Labute approximate surface area is 87.1 Å². The lowest BCUT2D eigenvalue weighted by atomic mass is 10.0. The van der Waals surface area contributed by atoms with Gasteiger partial charge in [-0.05, 0) is 18.6 Å². The molecule has 0 fully saturated rings. The van der Waals surface area contributed by atoms with Gasteiger partial charge in [0, 0.05) is 13.1 Å². The van der Waals surface area contributed by atoms with Crippen molar-refractivity contribution >= 4 is 11.9 Å². The molecule has 0 aromatic heterocycles. The molecule has 1 aliphatic heterocycles. The Kier molecular flexibility index (Phi) is 2.19. The quantitative estimate of drug-likeness (QED) is 0.793. The van der Waals surface area contributed by atoms with Crippen LogP contribution >= 0.6 is 0 Å². The summed E-state index contributed by atoms with van der Waals surface area (Å²) < 4.78 is 0. The number of hydrogen-bond acceptors (Lipinski definition) is 2. The Balaban J connectivity index is 2.55. The maximum Gasteiger partial charge on any atom is 0.336 e. The molecule has 0 unspecified atom stereocenters. The molecule has 2 rings (SSSR count). The second-order valence-electron chi connectivity index (χ2n) is 3.46. The molecule has 1 aromatic carbocycles. The van der Waals surface area contributed by atoms with E-state index in [9.17, 15) is 9.59 Å². The Morgan fingerprint density at radius 1 is 1.53 bits per heavy atom. The van der Waals surface area contributed by atoms with Crippen LogP contribution in [0.5, 0.6) is 0 Å². The zero-order valence-corrected chi connectivity index (χ0v) is 8.36. The van der Waals surface area contributed by atoms with E-state index in [0.29, 0.717) is 18.7 Å². The first-order valence-electron chi connectivity index (χ1n) is 4.79. The van der Waals surface area contributed by atoms with Crippen molar-refractivity contribution in [2.24, 2.45) is 0 Å². The number of amides is 1. The average molecular weight is 205 g/mol. The number of carboxylic acid groups (broad SMARTS) is 1. The van der Waals surface area contributed by atoms with E-state index in [1.165, 1.54) is 6.07 Å². The first-order chi connectivity index (χ1) is 7.15. The summed E-state index contributed by atoms with van der Waals surface area (Å²) in [6, 6.07) is 4.95. The molecule has 0 saturated carbocycles. The Morgan fingerprint density at radius 2 is 2.27 bits per heavy atom. The fraction of sp³-hybridized carbons (Fsp3) is 0.273. The van der Waals surface area contributed by atoms with Gasteiger partial charge in [0.05, 0.1) is 11.1 Å². The molecule has 0 aliphatic carbocycles. The SMILES string of the molecule is CCN1Cc2cccc(C(=O)O)c2C1=O. The van der Waals surface area contributed by atoms with Gasteiger partial charge in [0.15, 0.2) is 0 Å². The number of rotatable bonds is 2. The molecule has 15 heavy (non-hydrogen) atoms. The molecule has 1 heterocycles. The van der Waals surface area contributed by atoms with E-state index in [-0.39, 0.29) is 11.5 Å². The van der Waals surface area contributed by atoms with E-state index in [1.807, 2.05) is 6.92 Å². The summed E-state index contributed by atoms with van der Waals surface area (Å²) in [4.78, 5) is 24.4. The molecule has 4 nitrogen and oxygen atoms in total. The van der Waals surface area contributed by atoms with Gasteiger partial charge in [-0.15, -0.1) is 0 Å². The summed E-state index contributed by atoms with van der Waals surface area (Å²) in [6.07, 6.45) is 0. The fourth-order valence-corrected chi connectivity index (χ4v) is 1.85. The number of fused-ring (bicyclic) bond motifs is 1. The van der Waals surface area contributed by atoms with E-state index >= 15 is 0 Å². The Hall–Kier alpha value is -1.84. The van der Waals surface area contributed by atoms with Crippen molar-refractivity contribution in [3.8, 4) is 0 Å². The monoisotopic (exact) mass is 205 g/mol. The van der Waals surface area contributed by atoms with Crippen LogP contribution in [-0.2, 0) is 6.54 Å². The van der Waals surface area contributed by atoms with Crippen molar-refractivity contribution in [2.75, 3.05) is 6.54 Å². The third-order valence-corrected chi connectivity index (χ3v) is 2.63. The van der Waals surface area contributed by atoms with Gasteiger partial charge in [-0.2, -0.15) is 0 Å². The summed E-state index contributed by atoms with van der Waals surface area (Å²) in [7, 11) is 0. The predicted molar refractivity (Wildman–Crippen MR) is 53.8 cm³/mol. The number of carboxylic acids is 1. The van der Waals surface area contributed by atoms with Crippen LogP contribution < -0.4 is 0 Å². The average Bonchev–Trinajstić information content (AvgIpc) is 2.55. The molecule has 4 heteroatoms. The van der Waals surface area contributed by atoms with Gasteiger partial charge in [-0.3, -0.25) is 4.79 Å². The number of aromatic carboxylic acids is 1. The first kappa shape index (κ1) is 9.71. The highest BCUT2D eigenvalue weighted by molar-refractivity contribution is 6.07. The molecule has 1 aromatic rings. The maximum absolute atomic E-state index is 11.8. The number of carbonyl (C=O) groups excluding carboxylic acids is 1. The standard InChI is InChI=1S/C11H11NO3/c1-2-12-6-7-4-3-5-8(11(14)15)9(7)10(12)13/h3-5H,2,6H2,1H3,(H,14,15). The van der Waals surface area contributed by atoms with E-state index in [0.717, 1.165) is 5.56 Å². The minimum Gasteiger partial charge on any atom is -0.478 e. The van der Waals surface area contributed by atoms with Crippen LogP contribution in [0, 0.1) is 0 Å². The fourth-order valence-electron chi connectivity index (χ4n) is 1.85. The smallest absolute Gasteiger partial charge is 0.336 e. The molecular weight excluding hydrogens is 194 g/mol. The summed E-state index contributed by atoms with van der Waals surface area (Å²) in [5.41, 5.74) is 1.27. The lowest BCUT2D eigenvalue weighted by Crippen LogP contribution is -2.23. The summed E-state index contributed by atoms with van der Waals surface area (Å²) in [6.45, 7) is 3.00. The van der Waals surface area contributed by atoms with Crippen molar-refractivity contribution < 1.29 is 14.7 Å². The molecular formula is C11H11NO3. The van der Waals surface area contributed by atoms with Crippen LogP contribution in [0.2, 0.25) is 0 Å². The second-order valence-corrected chi connectivity index (χ2v) is 3.46. The van der Waals surface area contributed by atoms with Gasteiger partial charge < -0.3 is 10.0 Å². The van der Waals surface area contributed by atoms with Gasteiger partial charge in [0.1, 0.15) is 0 Å². The van der Waals surface area contributed by atoms with E-state index < -0.39 is 5.97 Å². The van der Waals surface area contributed by atoms with Crippen molar-refractivity contribution in [3.63, 3.8) is 0 Å². The molecule has 0 bridgehead atoms. The lowest BCUT2D eigenvalue weighted by Gasteiger charge is -2.11. The molecule has 78 valence electrons. The van der Waals surface area contributed by atoms with Gasteiger partial charge >= 0.3 is 5.97 Å². The maximum atomic E-state index is 11.8. The topological polar surface area (TPSA) is 57.6 Å². The Morgan fingerprint density at radius 3 is 2.87 bits per heavy atom. The molecule has 1 amide bonds. The molecule has 1 N–H and O–H groups in total. The van der Waals surface area contributed by atoms with E-state index in [4.69, 9.17) is 5.11 Å². The van der Waals surface area contributed by atoms with Crippen molar-refractivity contribution in [1.29, 1.82) is 0 Å². The van der Waals surface area contributed by atoms with Gasteiger partial charge in [-0.25, -0.2) is 4.79 Å².